The fourth-order valence-electron chi connectivity index (χ4n) is 1.96. The van der Waals surface area contributed by atoms with E-state index < -0.39 is 0 Å². The maximum absolute atomic E-state index is 13.9. The van der Waals surface area contributed by atoms with Gasteiger partial charge in [0.1, 0.15) is 5.82 Å². The molecule has 1 aromatic carbocycles. The van der Waals surface area contributed by atoms with Crippen LogP contribution in [0.2, 0.25) is 0 Å². The largest absolute Gasteiger partial charge is 0.382 e. The Morgan fingerprint density at radius 1 is 1.44 bits per heavy atom. The molecular weight excluding hydrogens is 231 g/mol. The minimum atomic E-state index is -0.242. The van der Waals surface area contributed by atoms with Gasteiger partial charge in [0.2, 0.25) is 5.91 Å². The number of benzene rings is 1. The summed E-state index contributed by atoms with van der Waals surface area (Å²) in [6.45, 7) is 4.96. The summed E-state index contributed by atoms with van der Waals surface area (Å²) in [5.74, 6) is 0.255. The number of carbonyl (C=O) groups is 1. The van der Waals surface area contributed by atoms with E-state index in [9.17, 15) is 9.18 Å². The second-order valence-electron chi connectivity index (χ2n) is 4.93. The first-order valence-corrected chi connectivity index (χ1v) is 6.46. The van der Waals surface area contributed by atoms with Crippen LogP contribution in [0.1, 0.15) is 32.3 Å². The summed E-state index contributed by atoms with van der Waals surface area (Å²) in [7, 11) is 0. The molecule has 3 nitrogen and oxygen atoms in total. The molecule has 1 atom stereocenters. The molecule has 0 saturated heterocycles. The van der Waals surface area contributed by atoms with Gasteiger partial charge in [0.25, 0.3) is 0 Å². The van der Waals surface area contributed by atoms with E-state index in [1.165, 1.54) is 6.07 Å². The van der Waals surface area contributed by atoms with Gasteiger partial charge in [-0.05, 0) is 30.0 Å². The Labute approximate surface area is 107 Å². The Hall–Kier alpha value is -1.58. The summed E-state index contributed by atoms with van der Waals surface area (Å²) in [4.78, 5) is 11.3. The van der Waals surface area contributed by atoms with Crippen molar-refractivity contribution in [3.05, 3.63) is 23.5 Å². The third kappa shape index (κ3) is 2.81. The average molecular weight is 250 g/mol. The van der Waals surface area contributed by atoms with Crippen molar-refractivity contribution in [3.63, 3.8) is 0 Å². The van der Waals surface area contributed by atoms with E-state index in [2.05, 4.69) is 24.5 Å². The van der Waals surface area contributed by atoms with Crippen LogP contribution in [0.15, 0.2) is 12.1 Å². The fraction of sp³-hybridized carbons (Fsp3) is 0.500. The Morgan fingerprint density at radius 2 is 2.22 bits per heavy atom. The number of carbonyl (C=O) groups excluding carboxylic acids is 1. The zero-order valence-corrected chi connectivity index (χ0v) is 10.8. The molecule has 0 aromatic heterocycles. The van der Waals surface area contributed by atoms with E-state index >= 15 is 0 Å². The molecule has 1 unspecified atom stereocenters. The standard InChI is InChI=1S/C14H19FN2O/c1-3-9(2)8-16-13-7-12-10(6-11(13)15)4-5-14(18)17-12/h6-7,9,16H,3-5,8H2,1-2H3,(H,17,18). The third-order valence-corrected chi connectivity index (χ3v) is 3.43. The molecule has 2 N–H and O–H groups in total. The van der Waals surface area contributed by atoms with Crippen LogP contribution in [0.3, 0.4) is 0 Å². The minimum absolute atomic E-state index is 0.00184. The number of halogens is 1. The molecule has 2 rings (SSSR count). The van der Waals surface area contributed by atoms with Crippen LogP contribution in [-0.2, 0) is 11.2 Å². The number of hydrogen-bond acceptors (Lipinski definition) is 2. The van der Waals surface area contributed by atoms with Gasteiger partial charge in [-0.25, -0.2) is 4.39 Å². The van der Waals surface area contributed by atoms with E-state index in [0.717, 1.165) is 24.2 Å². The van der Waals surface area contributed by atoms with Crippen LogP contribution < -0.4 is 10.6 Å². The van der Waals surface area contributed by atoms with Crippen LogP contribution in [0, 0.1) is 11.7 Å². The van der Waals surface area contributed by atoms with Crippen LogP contribution in [0.4, 0.5) is 15.8 Å². The molecule has 1 aliphatic rings. The number of amides is 1. The van der Waals surface area contributed by atoms with Crippen molar-refractivity contribution in [2.75, 3.05) is 17.2 Å². The molecule has 98 valence electrons. The Bertz CT molecular complexity index is 459. The molecule has 0 fully saturated rings. The van der Waals surface area contributed by atoms with Gasteiger partial charge in [-0.15, -0.1) is 0 Å². The lowest BCUT2D eigenvalue weighted by atomic mass is 10.0. The highest BCUT2D eigenvalue weighted by atomic mass is 19.1. The van der Waals surface area contributed by atoms with Gasteiger partial charge < -0.3 is 10.6 Å². The predicted octanol–water partition coefficient (Wildman–Crippen LogP) is 3.17. The van der Waals surface area contributed by atoms with E-state index in [4.69, 9.17) is 0 Å². The summed E-state index contributed by atoms with van der Waals surface area (Å²) >= 11 is 0. The molecule has 1 amide bonds. The first kappa shape index (κ1) is 12.9. The van der Waals surface area contributed by atoms with Gasteiger partial charge in [0.15, 0.2) is 0 Å². The van der Waals surface area contributed by atoms with Crippen molar-refractivity contribution < 1.29 is 9.18 Å². The highest BCUT2D eigenvalue weighted by Gasteiger charge is 2.17. The highest BCUT2D eigenvalue weighted by molar-refractivity contribution is 5.94. The summed E-state index contributed by atoms with van der Waals surface area (Å²) < 4.78 is 13.9. The molecule has 0 aliphatic carbocycles. The average Bonchev–Trinajstić information content (AvgIpc) is 2.36. The first-order chi connectivity index (χ1) is 8.60. The van der Waals surface area contributed by atoms with Gasteiger partial charge in [0, 0.05) is 18.7 Å². The minimum Gasteiger partial charge on any atom is -0.382 e. The fourth-order valence-corrected chi connectivity index (χ4v) is 1.96. The number of nitrogens with one attached hydrogen (secondary N) is 2. The molecule has 4 heteroatoms. The van der Waals surface area contributed by atoms with E-state index in [1.54, 1.807) is 6.07 Å². The SMILES string of the molecule is CCC(C)CNc1cc2c(cc1F)CCC(=O)N2. The van der Waals surface area contributed by atoms with Crippen molar-refractivity contribution in [3.8, 4) is 0 Å². The smallest absolute Gasteiger partial charge is 0.224 e. The Kier molecular flexibility index (Phi) is 3.84. The summed E-state index contributed by atoms with van der Waals surface area (Å²) in [5.41, 5.74) is 2.08. The summed E-state index contributed by atoms with van der Waals surface area (Å²) in [6, 6.07) is 3.22. The molecule has 0 radical (unpaired) electrons. The second kappa shape index (κ2) is 5.38. The lowest BCUT2D eigenvalue weighted by Gasteiger charge is -2.19. The van der Waals surface area contributed by atoms with Gasteiger partial charge in [0.05, 0.1) is 5.69 Å². The normalized spacial score (nSPS) is 15.8. The zero-order valence-electron chi connectivity index (χ0n) is 10.8. The lowest BCUT2D eigenvalue weighted by Crippen LogP contribution is -2.20. The van der Waals surface area contributed by atoms with E-state index in [0.29, 0.717) is 24.4 Å². The topological polar surface area (TPSA) is 41.1 Å². The maximum Gasteiger partial charge on any atom is 0.224 e. The number of rotatable bonds is 4. The first-order valence-electron chi connectivity index (χ1n) is 6.46. The molecule has 1 heterocycles. The Balaban J connectivity index is 2.16. The second-order valence-corrected chi connectivity index (χ2v) is 4.93. The third-order valence-electron chi connectivity index (χ3n) is 3.43. The van der Waals surface area contributed by atoms with Crippen molar-refractivity contribution in [1.29, 1.82) is 0 Å². The predicted molar refractivity (Wildman–Crippen MR) is 71.3 cm³/mol. The van der Waals surface area contributed by atoms with Crippen LogP contribution in [-0.4, -0.2) is 12.5 Å². The summed E-state index contributed by atoms with van der Waals surface area (Å²) in [6.07, 6.45) is 2.10. The van der Waals surface area contributed by atoms with Gasteiger partial charge in [-0.2, -0.15) is 0 Å². The number of aryl methyl sites for hydroxylation is 1. The van der Waals surface area contributed by atoms with Crippen LogP contribution in [0.25, 0.3) is 0 Å². The van der Waals surface area contributed by atoms with Gasteiger partial charge >= 0.3 is 0 Å². The Morgan fingerprint density at radius 3 is 2.94 bits per heavy atom. The quantitative estimate of drug-likeness (QED) is 0.861. The number of hydrogen-bond donors (Lipinski definition) is 2. The van der Waals surface area contributed by atoms with Crippen molar-refractivity contribution in [1.82, 2.24) is 0 Å². The molecule has 0 saturated carbocycles. The lowest BCUT2D eigenvalue weighted by molar-refractivity contribution is -0.116. The molecule has 1 aromatic rings. The maximum atomic E-state index is 13.9. The molecule has 0 bridgehead atoms. The van der Waals surface area contributed by atoms with Crippen molar-refractivity contribution in [2.45, 2.75) is 33.1 Å². The monoisotopic (exact) mass is 250 g/mol. The van der Waals surface area contributed by atoms with Crippen molar-refractivity contribution in [2.24, 2.45) is 5.92 Å². The number of anilines is 2. The molecule has 1 aliphatic heterocycles. The van der Waals surface area contributed by atoms with Crippen LogP contribution in [0.5, 0.6) is 0 Å². The zero-order chi connectivity index (χ0) is 13.1. The molecule has 0 spiro atoms. The molecular formula is C14H19FN2O. The van der Waals surface area contributed by atoms with Gasteiger partial charge in [-0.3, -0.25) is 4.79 Å². The highest BCUT2D eigenvalue weighted by Crippen LogP contribution is 2.28. The van der Waals surface area contributed by atoms with Crippen LogP contribution >= 0.6 is 0 Å². The van der Waals surface area contributed by atoms with Gasteiger partial charge in [-0.1, -0.05) is 20.3 Å². The van der Waals surface area contributed by atoms with Crippen molar-refractivity contribution >= 4 is 17.3 Å². The van der Waals surface area contributed by atoms with E-state index in [-0.39, 0.29) is 11.7 Å². The summed E-state index contributed by atoms with van der Waals surface area (Å²) in [5, 5.41) is 5.89. The number of fused-ring (bicyclic) bond motifs is 1. The van der Waals surface area contributed by atoms with E-state index in [1.807, 2.05) is 0 Å². The molecule has 18 heavy (non-hydrogen) atoms.